The maximum Gasteiger partial charge on any atom is 0.249 e. The fraction of sp³-hybridized carbons (Fsp3) is 0.562. The fourth-order valence-corrected chi connectivity index (χ4v) is 2.48. The number of nitrogens with two attached hydrogens (primary N) is 1. The summed E-state index contributed by atoms with van der Waals surface area (Å²) < 4.78 is 10.7. The zero-order valence-electron chi connectivity index (χ0n) is 12.9. The predicted molar refractivity (Wildman–Crippen MR) is 88.5 cm³/mol. The van der Waals surface area contributed by atoms with E-state index in [0.717, 1.165) is 31.4 Å². The van der Waals surface area contributed by atoms with Crippen molar-refractivity contribution in [3.8, 4) is 5.75 Å². The molecule has 0 radical (unpaired) electrons. The summed E-state index contributed by atoms with van der Waals surface area (Å²) >= 11 is 0. The number of halogens is 1. The van der Waals surface area contributed by atoms with Crippen LogP contribution in [0.15, 0.2) is 24.3 Å². The summed E-state index contributed by atoms with van der Waals surface area (Å²) in [4.78, 5) is 11.9. The van der Waals surface area contributed by atoms with Crippen molar-refractivity contribution < 1.29 is 14.3 Å². The Kier molecular flexibility index (Phi) is 8.24. The molecule has 1 aliphatic rings. The molecule has 1 heterocycles. The van der Waals surface area contributed by atoms with Crippen molar-refractivity contribution in [1.29, 1.82) is 0 Å². The van der Waals surface area contributed by atoms with E-state index >= 15 is 0 Å². The lowest BCUT2D eigenvalue weighted by molar-refractivity contribution is -0.131. The molecule has 1 aromatic rings. The van der Waals surface area contributed by atoms with E-state index < -0.39 is 0 Å². The highest BCUT2D eigenvalue weighted by Gasteiger charge is 2.29. The number of nitrogens with one attached hydrogen (secondary N) is 1. The molecule has 1 amide bonds. The number of hydrogen-bond donors (Lipinski definition) is 2. The number of benzene rings is 1. The van der Waals surface area contributed by atoms with Gasteiger partial charge in [0.25, 0.3) is 0 Å². The largest absolute Gasteiger partial charge is 0.497 e. The van der Waals surface area contributed by atoms with Crippen LogP contribution in [0, 0.1) is 0 Å². The lowest BCUT2D eigenvalue weighted by atomic mass is 10.1. The van der Waals surface area contributed by atoms with E-state index in [0.29, 0.717) is 13.1 Å². The Hall–Kier alpha value is -1.30. The van der Waals surface area contributed by atoms with Crippen molar-refractivity contribution in [2.24, 2.45) is 5.73 Å². The number of carbonyl (C=O) groups is 1. The maximum atomic E-state index is 11.9. The highest BCUT2D eigenvalue weighted by atomic mass is 35.5. The normalized spacial score (nSPS) is 20.3. The van der Waals surface area contributed by atoms with Gasteiger partial charge in [-0.1, -0.05) is 12.1 Å². The molecule has 0 unspecified atom stereocenters. The zero-order valence-corrected chi connectivity index (χ0v) is 13.7. The summed E-state index contributed by atoms with van der Waals surface area (Å²) in [6.45, 7) is 1.15. The summed E-state index contributed by atoms with van der Waals surface area (Å²) in [6.07, 6.45) is 3.21. The van der Waals surface area contributed by atoms with Crippen LogP contribution in [-0.2, 0) is 16.0 Å². The molecule has 0 saturated carbocycles. The van der Waals surface area contributed by atoms with Crippen molar-refractivity contribution in [2.75, 3.05) is 20.2 Å². The monoisotopic (exact) mass is 328 g/mol. The Bertz CT molecular complexity index is 453. The van der Waals surface area contributed by atoms with Crippen molar-refractivity contribution in [3.63, 3.8) is 0 Å². The molecular weight excluding hydrogens is 304 g/mol. The van der Waals surface area contributed by atoms with Crippen LogP contribution in [0.2, 0.25) is 0 Å². The van der Waals surface area contributed by atoms with Gasteiger partial charge >= 0.3 is 0 Å². The molecule has 124 valence electrons. The third-order valence-corrected chi connectivity index (χ3v) is 3.76. The van der Waals surface area contributed by atoms with E-state index in [-0.39, 0.29) is 30.5 Å². The third-order valence-electron chi connectivity index (χ3n) is 3.76. The smallest absolute Gasteiger partial charge is 0.249 e. The third kappa shape index (κ3) is 5.48. The van der Waals surface area contributed by atoms with E-state index in [2.05, 4.69) is 5.32 Å². The molecule has 0 spiro atoms. The van der Waals surface area contributed by atoms with Gasteiger partial charge in [0.2, 0.25) is 5.91 Å². The number of hydrogen-bond acceptors (Lipinski definition) is 4. The Labute approximate surface area is 138 Å². The second kappa shape index (κ2) is 9.66. The summed E-state index contributed by atoms with van der Waals surface area (Å²) in [5.74, 6) is 0.848. The first-order valence-corrected chi connectivity index (χ1v) is 7.49. The summed E-state index contributed by atoms with van der Waals surface area (Å²) in [5.41, 5.74) is 6.78. The van der Waals surface area contributed by atoms with Crippen molar-refractivity contribution in [2.45, 2.75) is 37.9 Å². The minimum atomic E-state index is -0.320. The Morgan fingerprint density at radius 3 is 2.68 bits per heavy atom. The van der Waals surface area contributed by atoms with Gasteiger partial charge in [0.05, 0.1) is 13.2 Å². The lowest BCUT2D eigenvalue weighted by Gasteiger charge is -2.12. The average molecular weight is 329 g/mol. The number of carbonyl (C=O) groups excluding carboxylic acids is 1. The quantitative estimate of drug-likeness (QED) is 0.747. The lowest BCUT2D eigenvalue weighted by Crippen LogP contribution is -2.36. The van der Waals surface area contributed by atoms with E-state index in [4.69, 9.17) is 15.2 Å². The van der Waals surface area contributed by atoms with Crippen molar-refractivity contribution >= 4 is 18.3 Å². The van der Waals surface area contributed by atoms with Crippen LogP contribution in [0.25, 0.3) is 0 Å². The molecule has 6 heteroatoms. The molecule has 5 nitrogen and oxygen atoms in total. The molecule has 0 bridgehead atoms. The summed E-state index contributed by atoms with van der Waals surface area (Å²) in [7, 11) is 1.66. The van der Waals surface area contributed by atoms with Gasteiger partial charge in [0.15, 0.2) is 0 Å². The zero-order chi connectivity index (χ0) is 15.1. The van der Waals surface area contributed by atoms with Gasteiger partial charge in [-0.2, -0.15) is 0 Å². The fourth-order valence-electron chi connectivity index (χ4n) is 2.48. The molecular formula is C16H25ClN2O3. The first-order valence-electron chi connectivity index (χ1n) is 7.49. The van der Waals surface area contributed by atoms with E-state index in [9.17, 15) is 4.79 Å². The SMILES string of the molecule is COc1ccc(CCCNC(=O)[C@@H]2CC[C@H](CN)O2)cc1.Cl. The number of amides is 1. The van der Waals surface area contributed by atoms with Gasteiger partial charge in [-0.25, -0.2) is 0 Å². The second-order valence-corrected chi connectivity index (χ2v) is 5.30. The molecule has 0 aromatic heterocycles. The van der Waals surface area contributed by atoms with Gasteiger partial charge in [-0.3, -0.25) is 4.79 Å². The van der Waals surface area contributed by atoms with Crippen LogP contribution < -0.4 is 15.8 Å². The minimum absolute atomic E-state index is 0. The standard InChI is InChI=1S/C16H24N2O3.ClH/c1-20-13-6-4-12(5-7-13)3-2-10-18-16(19)15-9-8-14(11-17)21-15;/h4-7,14-15H,2-3,8-11,17H2,1H3,(H,18,19);1H/t14-,15+;/m1./s1. The molecule has 1 aliphatic heterocycles. The Morgan fingerprint density at radius 2 is 2.09 bits per heavy atom. The molecule has 22 heavy (non-hydrogen) atoms. The highest BCUT2D eigenvalue weighted by molar-refractivity contribution is 5.85. The number of methoxy groups -OCH3 is 1. The van der Waals surface area contributed by atoms with Crippen LogP contribution in [0.4, 0.5) is 0 Å². The van der Waals surface area contributed by atoms with E-state index in [1.54, 1.807) is 7.11 Å². The van der Waals surface area contributed by atoms with Gasteiger partial charge in [0, 0.05) is 13.1 Å². The van der Waals surface area contributed by atoms with Crippen molar-refractivity contribution in [1.82, 2.24) is 5.32 Å². The molecule has 1 fully saturated rings. The Morgan fingerprint density at radius 1 is 1.36 bits per heavy atom. The predicted octanol–water partition coefficient (Wildman–Crippen LogP) is 1.67. The van der Waals surface area contributed by atoms with Gasteiger partial charge in [-0.05, 0) is 43.4 Å². The van der Waals surface area contributed by atoms with Crippen LogP contribution in [0.3, 0.4) is 0 Å². The number of ether oxygens (including phenoxy) is 2. The second-order valence-electron chi connectivity index (χ2n) is 5.30. The number of rotatable bonds is 7. The Balaban J connectivity index is 0.00000242. The average Bonchev–Trinajstić information content (AvgIpc) is 3.01. The number of aryl methyl sites for hydroxylation is 1. The molecule has 2 rings (SSSR count). The van der Waals surface area contributed by atoms with Crippen LogP contribution in [-0.4, -0.2) is 38.3 Å². The van der Waals surface area contributed by atoms with Crippen LogP contribution in [0.1, 0.15) is 24.8 Å². The van der Waals surface area contributed by atoms with Gasteiger partial charge < -0.3 is 20.5 Å². The van der Waals surface area contributed by atoms with Gasteiger partial charge in [-0.15, -0.1) is 12.4 Å². The van der Waals surface area contributed by atoms with Crippen LogP contribution in [0.5, 0.6) is 5.75 Å². The first kappa shape index (κ1) is 18.7. The molecule has 1 saturated heterocycles. The molecule has 2 atom stereocenters. The molecule has 3 N–H and O–H groups in total. The molecule has 1 aromatic carbocycles. The van der Waals surface area contributed by atoms with E-state index in [1.807, 2.05) is 24.3 Å². The van der Waals surface area contributed by atoms with E-state index in [1.165, 1.54) is 5.56 Å². The topological polar surface area (TPSA) is 73.6 Å². The van der Waals surface area contributed by atoms with Crippen LogP contribution >= 0.6 is 12.4 Å². The highest BCUT2D eigenvalue weighted by Crippen LogP contribution is 2.18. The first-order chi connectivity index (χ1) is 10.2. The van der Waals surface area contributed by atoms with Crippen molar-refractivity contribution in [3.05, 3.63) is 29.8 Å². The van der Waals surface area contributed by atoms with Gasteiger partial charge in [0.1, 0.15) is 11.9 Å². The maximum absolute atomic E-state index is 11.9. The summed E-state index contributed by atoms with van der Waals surface area (Å²) in [6, 6.07) is 8.00. The summed E-state index contributed by atoms with van der Waals surface area (Å²) in [5, 5.41) is 2.93. The minimum Gasteiger partial charge on any atom is -0.497 e. The molecule has 0 aliphatic carbocycles.